The number of amides is 1. The molecule has 0 aliphatic carbocycles. The van der Waals surface area contributed by atoms with Gasteiger partial charge in [0.15, 0.2) is 0 Å². The molecule has 0 spiro atoms. The van der Waals surface area contributed by atoms with Gasteiger partial charge in [-0.2, -0.15) is 0 Å². The quantitative estimate of drug-likeness (QED) is 0.702. The Bertz CT molecular complexity index is 241. The van der Waals surface area contributed by atoms with Gasteiger partial charge < -0.3 is 11.1 Å². The third kappa shape index (κ3) is 4.05. The summed E-state index contributed by atoms with van der Waals surface area (Å²) >= 11 is 4.90. The molecule has 0 aromatic rings. The van der Waals surface area contributed by atoms with Crippen molar-refractivity contribution >= 4 is 23.1 Å². The molecule has 0 bridgehead atoms. The highest BCUT2D eigenvalue weighted by atomic mass is 32.1. The minimum atomic E-state index is -0.369. The molecule has 3 N–H and O–H groups in total. The molecule has 82 valence electrons. The van der Waals surface area contributed by atoms with E-state index in [0.29, 0.717) is 11.5 Å². The lowest BCUT2D eigenvalue weighted by Gasteiger charge is -2.26. The molecule has 0 heterocycles. The molecule has 0 radical (unpaired) electrons. The summed E-state index contributed by atoms with van der Waals surface area (Å²) in [6, 6.07) is 0. The SMILES string of the molecule is CC(C)(C)C(=O)NCC(C)(C)C(N)=S. The summed E-state index contributed by atoms with van der Waals surface area (Å²) in [5, 5.41) is 2.84. The molecule has 0 aliphatic rings. The molecule has 0 rings (SSSR count). The zero-order chi connectivity index (χ0) is 11.6. The number of thiocarbonyl (C=S) groups is 1. The van der Waals surface area contributed by atoms with Crippen molar-refractivity contribution in [2.45, 2.75) is 34.6 Å². The molecule has 0 aromatic heterocycles. The smallest absolute Gasteiger partial charge is 0.225 e. The van der Waals surface area contributed by atoms with Gasteiger partial charge in [0, 0.05) is 17.4 Å². The second kappa shape index (κ2) is 4.26. The molecular formula is C10H20N2OS. The van der Waals surface area contributed by atoms with Crippen molar-refractivity contribution in [2.75, 3.05) is 6.54 Å². The van der Waals surface area contributed by atoms with Crippen LogP contribution >= 0.6 is 12.2 Å². The van der Waals surface area contributed by atoms with Crippen molar-refractivity contribution in [1.82, 2.24) is 5.32 Å². The average Bonchev–Trinajstić information content (AvgIpc) is 1.98. The second-order valence-corrected chi connectivity index (χ2v) is 5.62. The van der Waals surface area contributed by atoms with Crippen LogP contribution in [0.15, 0.2) is 0 Å². The van der Waals surface area contributed by atoms with Gasteiger partial charge in [-0.25, -0.2) is 0 Å². The van der Waals surface area contributed by atoms with Gasteiger partial charge >= 0.3 is 0 Å². The van der Waals surface area contributed by atoms with Gasteiger partial charge in [-0.05, 0) is 0 Å². The van der Waals surface area contributed by atoms with Crippen molar-refractivity contribution in [3.63, 3.8) is 0 Å². The van der Waals surface area contributed by atoms with E-state index < -0.39 is 0 Å². The van der Waals surface area contributed by atoms with E-state index in [1.54, 1.807) is 0 Å². The highest BCUT2D eigenvalue weighted by Crippen LogP contribution is 2.16. The Labute approximate surface area is 91.4 Å². The van der Waals surface area contributed by atoms with Gasteiger partial charge in [0.25, 0.3) is 0 Å². The van der Waals surface area contributed by atoms with E-state index in [1.807, 2.05) is 34.6 Å². The standard InChI is InChI=1S/C10H20N2OS/c1-9(2,3)8(13)12-6-10(4,5)7(11)14/h6H2,1-5H3,(H2,11,14)(H,12,13). The summed E-state index contributed by atoms with van der Waals surface area (Å²) in [4.78, 5) is 12.0. The molecule has 0 fully saturated rings. The first kappa shape index (κ1) is 13.4. The van der Waals surface area contributed by atoms with Crippen LogP contribution in [0, 0.1) is 10.8 Å². The largest absolute Gasteiger partial charge is 0.393 e. The Kier molecular flexibility index (Phi) is 4.06. The van der Waals surface area contributed by atoms with Gasteiger partial charge in [0.1, 0.15) is 0 Å². The fraction of sp³-hybridized carbons (Fsp3) is 0.800. The third-order valence-corrected chi connectivity index (χ3v) is 2.59. The summed E-state index contributed by atoms with van der Waals surface area (Å²) in [6.07, 6.45) is 0. The third-order valence-electron chi connectivity index (χ3n) is 2.04. The van der Waals surface area contributed by atoms with Crippen molar-refractivity contribution in [2.24, 2.45) is 16.6 Å². The minimum Gasteiger partial charge on any atom is -0.393 e. The monoisotopic (exact) mass is 216 g/mol. The maximum atomic E-state index is 11.5. The first-order valence-electron chi connectivity index (χ1n) is 4.65. The van der Waals surface area contributed by atoms with E-state index in [9.17, 15) is 4.79 Å². The first-order valence-corrected chi connectivity index (χ1v) is 5.06. The lowest BCUT2D eigenvalue weighted by Crippen LogP contribution is -2.44. The van der Waals surface area contributed by atoms with E-state index in [1.165, 1.54) is 0 Å². The minimum absolute atomic E-state index is 0.0156. The number of carbonyl (C=O) groups is 1. The lowest BCUT2D eigenvalue weighted by atomic mass is 9.91. The summed E-state index contributed by atoms with van der Waals surface area (Å²) in [6.45, 7) is 9.93. The summed E-state index contributed by atoms with van der Waals surface area (Å²) in [5.41, 5.74) is 4.85. The molecule has 1 amide bonds. The molecule has 14 heavy (non-hydrogen) atoms. The van der Waals surface area contributed by atoms with E-state index >= 15 is 0 Å². The lowest BCUT2D eigenvalue weighted by molar-refractivity contribution is -0.128. The zero-order valence-electron chi connectivity index (χ0n) is 9.60. The summed E-state index contributed by atoms with van der Waals surface area (Å²) in [7, 11) is 0. The molecule has 0 aliphatic heterocycles. The molecular weight excluding hydrogens is 196 g/mol. The number of carbonyl (C=O) groups excluding carboxylic acids is 1. The summed E-state index contributed by atoms with van der Waals surface area (Å²) in [5.74, 6) is 0.0156. The van der Waals surface area contributed by atoms with Gasteiger partial charge in [0.2, 0.25) is 5.91 Å². The van der Waals surface area contributed by atoms with Crippen molar-refractivity contribution in [1.29, 1.82) is 0 Å². The Morgan fingerprint density at radius 3 is 2.00 bits per heavy atom. The first-order chi connectivity index (χ1) is 6.07. The van der Waals surface area contributed by atoms with Crippen LogP contribution in [-0.2, 0) is 4.79 Å². The van der Waals surface area contributed by atoms with Crippen LogP contribution in [0.4, 0.5) is 0 Å². The Morgan fingerprint density at radius 1 is 1.29 bits per heavy atom. The Hall–Kier alpha value is -0.640. The topological polar surface area (TPSA) is 55.1 Å². The van der Waals surface area contributed by atoms with Crippen LogP contribution in [0.3, 0.4) is 0 Å². The van der Waals surface area contributed by atoms with Gasteiger partial charge in [0.05, 0.1) is 4.99 Å². The van der Waals surface area contributed by atoms with E-state index in [0.717, 1.165) is 0 Å². The van der Waals surface area contributed by atoms with Crippen molar-refractivity contribution in [3.05, 3.63) is 0 Å². The normalized spacial score (nSPS) is 12.4. The Morgan fingerprint density at radius 2 is 1.71 bits per heavy atom. The molecule has 0 saturated carbocycles. The molecule has 0 unspecified atom stereocenters. The molecule has 4 heteroatoms. The zero-order valence-corrected chi connectivity index (χ0v) is 10.4. The summed E-state index contributed by atoms with van der Waals surface area (Å²) < 4.78 is 0. The van der Waals surface area contributed by atoms with Crippen molar-refractivity contribution < 1.29 is 4.79 Å². The predicted octanol–water partition coefficient (Wildman–Crippen LogP) is 1.46. The number of hydrogen-bond acceptors (Lipinski definition) is 2. The fourth-order valence-corrected chi connectivity index (χ4v) is 0.726. The maximum Gasteiger partial charge on any atom is 0.225 e. The molecule has 3 nitrogen and oxygen atoms in total. The maximum absolute atomic E-state index is 11.5. The van der Waals surface area contributed by atoms with E-state index in [-0.39, 0.29) is 16.7 Å². The molecule has 0 aromatic carbocycles. The van der Waals surface area contributed by atoms with Crippen molar-refractivity contribution in [3.8, 4) is 0 Å². The highest BCUT2D eigenvalue weighted by molar-refractivity contribution is 7.80. The van der Waals surface area contributed by atoms with E-state index in [2.05, 4.69) is 5.32 Å². The second-order valence-electron chi connectivity index (χ2n) is 5.18. The van der Waals surface area contributed by atoms with E-state index in [4.69, 9.17) is 18.0 Å². The van der Waals surface area contributed by atoms with Gasteiger partial charge in [-0.1, -0.05) is 46.8 Å². The van der Waals surface area contributed by atoms with Crippen LogP contribution in [0.1, 0.15) is 34.6 Å². The number of hydrogen-bond donors (Lipinski definition) is 2. The molecule has 0 saturated heterocycles. The molecule has 0 atom stereocenters. The van der Waals surface area contributed by atoms with Crippen LogP contribution < -0.4 is 11.1 Å². The van der Waals surface area contributed by atoms with Crippen LogP contribution in [0.5, 0.6) is 0 Å². The van der Waals surface area contributed by atoms with Crippen LogP contribution in [0.25, 0.3) is 0 Å². The van der Waals surface area contributed by atoms with Crippen LogP contribution in [0.2, 0.25) is 0 Å². The predicted molar refractivity (Wildman–Crippen MR) is 63.0 cm³/mol. The van der Waals surface area contributed by atoms with Crippen LogP contribution in [-0.4, -0.2) is 17.4 Å². The van der Waals surface area contributed by atoms with Gasteiger partial charge in [-0.15, -0.1) is 0 Å². The number of nitrogens with one attached hydrogen (secondary N) is 1. The van der Waals surface area contributed by atoms with Gasteiger partial charge in [-0.3, -0.25) is 4.79 Å². The average molecular weight is 216 g/mol. The number of rotatable bonds is 3. The Balaban J connectivity index is 4.21. The highest BCUT2D eigenvalue weighted by Gasteiger charge is 2.26. The number of nitrogens with two attached hydrogens (primary N) is 1. The fourth-order valence-electron chi connectivity index (χ4n) is 0.654.